The SMILES string of the molecule is O=C(NCc1ccccn1)C1CC(=O)N(c2ccc(Cl)cc2Cl)C1. The maximum atomic E-state index is 12.3. The number of anilines is 1. The molecule has 0 aliphatic carbocycles. The largest absolute Gasteiger partial charge is 0.350 e. The molecule has 1 aliphatic heterocycles. The van der Waals surface area contributed by atoms with Crippen molar-refractivity contribution in [2.24, 2.45) is 5.92 Å². The summed E-state index contributed by atoms with van der Waals surface area (Å²) < 4.78 is 0. The molecule has 0 bridgehead atoms. The molecular formula is C17H15Cl2N3O2. The maximum Gasteiger partial charge on any atom is 0.227 e. The Morgan fingerprint density at radius 1 is 1.29 bits per heavy atom. The predicted molar refractivity (Wildman–Crippen MR) is 93.0 cm³/mol. The molecule has 2 heterocycles. The van der Waals surface area contributed by atoms with Crippen molar-refractivity contribution in [2.45, 2.75) is 13.0 Å². The summed E-state index contributed by atoms with van der Waals surface area (Å²) in [7, 11) is 0. The lowest BCUT2D eigenvalue weighted by Gasteiger charge is -2.18. The summed E-state index contributed by atoms with van der Waals surface area (Å²) in [4.78, 5) is 30.2. The van der Waals surface area contributed by atoms with Crippen LogP contribution >= 0.6 is 23.2 Å². The first-order valence-electron chi connectivity index (χ1n) is 7.47. The molecule has 1 aromatic heterocycles. The zero-order valence-electron chi connectivity index (χ0n) is 12.7. The van der Waals surface area contributed by atoms with Crippen molar-refractivity contribution in [1.29, 1.82) is 0 Å². The van der Waals surface area contributed by atoms with Crippen LogP contribution in [0.25, 0.3) is 0 Å². The summed E-state index contributed by atoms with van der Waals surface area (Å²) in [6.07, 6.45) is 1.83. The van der Waals surface area contributed by atoms with Crippen LogP contribution in [0.15, 0.2) is 42.6 Å². The average molecular weight is 364 g/mol. The van der Waals surface area contributed by atoms with Crippen LogP contribution in [0, 0.1) is 5.92 Å². The molecule has 0 saturated carbocycles. The van der Waals surface area contributed by atoms with E-state index in [2.05, 4.69) is 10.3 Å². The van der Waals surface area contributed by atoms with E-state index in [0.717, 1.165) is 5.69 Å². The summed E-state index contributed by atoms with van der Waals surface area (Å²) in [6, 6.07) is 10.5. The molecule has 1 unspecified atom stereocenters. The van der Waals surface area contributed by atoms with Crippen molar-refractivity contribution in [3.05, 3.63) is 58.3 Å². The highest BCUT2D eigenvalue weighted by atomic mass is 35.5. The maximum absolute atomic E-state index is 12.3. The molecule has 1 aliphatic rings. The third-order valence-corrected chi connectivity index (χ3v) is 4.40. The van der Waals surface area contributed by atoms with Crippen molar-refractivity contribution in [2.75, 3.05) is 11.4 Å². The van der Waals surface area contributed by atoms with Crippen LogP contribution in [0.3, 0.4) is 0 Å². The summed E-state index contributed by atoms with van der Waals surface area (Å²) in [6.45, 7) is 0.639. The minimum atomic E-state index is -0.409. The number of carbonyl (C=O) groups is 2. The summed E-state index contributed by atoms with van der Waals surface area (Å²) in [5.74, 6) is -0.702. The topological polar surface area (TPSA) is 62.3 Å². The van der Waals surface area contributed by atoms with Gasteiger partial charge in [-0.3, -0.25) is 14.6 Å². The molecule has 1 saturated heterocycles. The van der Waals surface area contributed by atoms with Gasteiger partial charge in [0.15, 0.2) is 0 Å². The van der Waals surface area contributed by atoms with Crippen molar-refractivity contribution in [3.8, 4) is 0 Å². The molecule has 1 N–H and O–H groups in total. The Bertz CT molecular complexity index is 768. The fourth-order valence-electron chi connectivity index (χ4n) is 2.64. The second-order valence-electron chi connectivity index (χ2n) is 5.54. The summed E-state index contributed by atoms with van der Waals surface area (Å²) in [5.41, 5.74) is 1.35. The fraction of sp³-hybridized carbons (Fsp3) is 0.235. The van der Waals surface area contributed by atoms with Gasteiger partial charge in [0.1, 0.15) is 0 Å². The standard InChI is InChI=1S/C17H15Cl2N3O2/c18-12-4-5-15(14(19)8-12)22-10-11(7-16(22)23)17(24)21-9-13-3-1-2-6-20-13/h1-6,8,11H,7,9-10H2,(H,21,24). The highest BCUT2D eigenvalue weighted by Crippen LogP contribution is 2.33. The molecule has 2 amide bonds. The number of hydrogen-bond donors (Lipinski definition) is 1. The lowest BCUT2D eigenvalue weighted by Crippen LogP contribution is -2.32. The number of carbonyl (C=O) groups excluding carboxylic acids is 2. The lowest BCUT2D eigenvalue weighted by atomic mass is 10.1. The van der Waals surface area contributed by atoms with E-state index in [9.17, 15) is 9.59 Å². The van der Waals surface area contributed by atoms with Gasteiger partial charge in [0.25, 0.3) is 0 Å². The third kappa shape index (κ3) is 3.68. The third-order valence-electron chi connectivity index (χ3n) is 3.87. The monoisotopic (exact) mass is 363 g/mol. The number of aromatic nitrogens is 1. The van der Waals surface area contributed by atoms with E-state index in [1.54, 1.807) is 24.4 Å². The second-order valence-corrected chi connectivity index (χ2v) is 6.38. The first-order chi connectivity index (χ1) is 11.5. The van der Waals surface area contributed by atoms with Gasteiger partial charge in [-0.15, -0.1) is 0 Å². The Labute approximate surface area is 149 Å². The van der Waals surface area contributed by atoms with Crippen LogP contribution < -0.4 is 10.2 Å². The highest BCUT2D eigenvalue weighted by molar-refractivity contribution is 6.36. The zero-order valence-corrected chi connectivity index (χ0v) is 14.2. The summed E-state index contributed by atoms with van der Waals surface area (Å²) >= 11 is 12.0. The van der Waals surface area contributed by atoms with Crippen LogP contribution in [0.1, 0.15) is 12.1 Å². The Morgan fingerprint density at radius 2 is 2.12 bits per heavy atom. The van der Waals surface area contributed by atoms with Crippen molar-refractivity contribution >= 4 is 40.7 Å². The molecule has 1 atom stereocenters. The molecule has 5 nitrogen and oxygen atoms in total. The van der Waals surface area contributed by atoms with Gasteiger partial charge in [0.05, 0.1) is 28.9 Å². The first kappa shape index (κ1) is 16.7. The van der Waals surface area contributed by atoms with Crippen LogP contribution in [-0.2, 0) is 16.1 Å². The molecule has 7 heteroatoms. The van der Waals surface area contributed by atoms with E-state index >= 15 is 0 Å². The van der Waals surface area contributed by atoms with E-state index in [4.69, 9.17) is 23.2 Å². The fourth-order valence-corrected chi connectivity index (χ4v) is 3.15. The van der Waals surface area contributed by atoms with Crippen molar-refractivity contribution in [1.82, 2.24) is 10.3 Å². The van der Waals surface area contributed by atoms with Gasteiger partial charge >= 0.3 is 0 Å². The quantitative estimate of drug-likeness (QED) is 0.907. The van der Waals surface area contributed by atoms with Gasteiger partial charge in [-0.2, -0.15) is 0 Å². The zero-order chi connectivity index (χ0) is 17.1. The van der Waals surface area contributed by atoms with Gasteiger partial charge in [0, 0.05) is 24.2 Å². The van der Waals surface area contributed by atoms with Gasteiger partial charge < -0.3 is 10.2 Å². The molecule has 3 rings (SSSR count). The molecule has 0 radical (unpaired) electrons. The molecule has 1 aromatic carbocycles. The predicted octanol–water partition coefficient (Wildman–Crippen LogP) is 3.06. The van der Waals surface area contributed by atoms with Crippen LogP contribution in [0.5, 0.6) is 0 Å². The number of hydrogen-bond acceptors (Lipinski definition) is 3. The van der Waals surface area contributed by atoms with Gasteiger partial charge in [-0.05, 0) is 30.3 Å². The van der Waals surface area contributed by atoms with Crippen LogP contribution in [0.2, 0.25) is 10.0 Å². The molecule has 1 fully saturated rings. The van der Waals surface area contributed by atoms with Crippen LogP contribution in [-0.4, -0.2) is 23.3 Å². The van der Waals surface area contributed by atoms with Crippen molar-refractivity contribution < 1.29 is 9.59 Å². The number of pyridine rings is 1. The number of nitrogens with zero attached hydrogens (tertiary/aromatic N) is 2. The van der Waals surface area contributed by atoms with E-state index in [1.165, 1.54) is 4.90 Å². The summed E-state index contributed by atoms with van der Waals surface area (Å²) in [5, 5.41) is 3.72. The van der Waals surface area contributed by atoms with E-state index in [0.29, 0.717) is 28.8 Å². The van der Waals surface area contributed by atoms with Gasteiger partial charge in [-0.1, -0.05) is 29.3 Å². The minimum absolute atomic E-state index is 0.128. The van der Waals surface area contributed by atoms with Gasteiger partial charge in [-0.25, -0.2) is 0 Å². The number of benzene rings is 1. The molecule has 24 heavy (non-hydrogen) atoms. The Kier molecular flexibility index (Phi) is 5.02. The second kappa shape index (κ2) is 7.20. The normalized spacial score (nSPS) is 17.2. The Morgan fingerprint density at radius 3 is 2.83 bits per heavy atom. The molecule has 124 valence electrons. The molecular weight excluding hydrogens is 349 g/mol. The van der Waals surface area contributed by atoms with Crippen LogP contribution in [0.4, 0.5) is 5.69 Å². The minimum Gasteiger partial charge on any atom is -0.350 e. The number of nitrogens with one attached hydrogen (secondary N) is 1. The van der Waals surface area contributed by atoms with E-state index < -0.39 is 5.92 Å². The van der Waals surface area contributed by atoms with Crippen molar-refractivity contribution in [3.63, 3.8) is 0 Å². The Hall–Kier alpha value is -2.11. The molecule has 0 spiro atoms. The van der Waals surface area contributed by atoms with E-state index in [1.807, 2.05) is 18.2 Å². The smallest absolute Gasteiger partial charge is 0.227 e. The first-order valence-corrected chi connectivity index (χ1v) is 8.23. The average Bonchev–Trinajstić information content (AvgIpc) is 2.95. The number of amides is 2. The number of rotatable bonds is 4. The molecule has 2 aromatic rings. The Balaban J connectivity index is 1.64. The van der Waals surface area contributed by atoms with Gasteiger partial charge in [0.2, 0.25) is 11.8 Å². The lowest BCUT2D eigenvalue weighted by molar-refractivity contribution is -0.126. The highest BCUT2D eigenvalue weighted by Gasteiger charge is 2.35. The number of halogens is 2. The van der Waals surface area contributed by atoms with E-state index in [-0.39, 0.29) is 18.2 Å².